The number of rotatable bonds is 6. The van der Waals surface area contributed by atoms with E-state index >= 15 is 0 Å². The second kappa shape index (κ2) is 9.29. The number of ether oxygens (including phenoxy) is 1. The Morgan fingerprint density at radius 3 is 2.88 bits per heavy atom. The SMILES string of the molecule is Cl.Nc1cccc2c1CCCN2CC(=O)NCCOc1cccc(F)c1. The molecule has 7 heteroatoms. The van der Waals surface area contributed by atoms with Gasteiger partial charge in [0.15, 0.2) is 0 Å². The average molecular weight is 380 g/mol. The van der Waals surface area contributed by atoms with Crippen molar-refractivity contribution in [1.29, 1.82) is 0 Å². The predicted octanol–water partition coefficient (Wildman–Crippen LogP) is 2.78. The van der Waals surface area contributed by atoms with E-state index in [0.717, 1.165) is 36.3 Å². The lowest BCUT2D eigenvalue weighted by atomic mass is 10.00. The molecule has 2 aromatic carbocycles. The summed E-state index contributed by atoms with van der Waals surface area (Å²) in [5, 5.41) is 2.83. The Morgan fingerprint density at radius 2 is 2.08 bits per heavy atom. The van der Waals surface area contributed by atoms with E-state index < -0.39 is 0 Å². The molecular formula is C19H23ClFN3O2. The van der Waals surface area contributed by atoms with Crippen LogP contribution in [0.5, 0.6) is 5.75 Å². The van der Waals surface area contributed by atoms with E-state index in [0.29, 0.717) is 18.9 Å². The van der Waals surface area contributed by atoms with Crippen molar-refractivity contribution in [3.05, 3.63) is 53.8 Å². The van der Waals surface area contributed by atoms with Gasteiger partial charge in [0.05, 0.1) is 13.1 Å². The molecule has 0 aliphatic carbocycles. The highest BCUT2D eigenvalue weighted by Crippen LogP contribution is 2.30. The van der Waals surface area contributed by atoms with Gasteiger partial charge in [-0.05, 0) is 42.7 Å². The molecule has 0 saturated heterocycles. The van der Waals surface area contributed by atoms with E-state index in [9.17, 15) is 9.18 Å². The summed E-state index contributed by atoms with van der Waals surface area (Å²) in [5.74, 6) is 0.0392. The smallest absolute Gasteiger partial charge is 0.239 e. The largest absolute Gasteiger partial charge is 0.492 e. The molecule has 1 amide bonds. The number of carbonyl (C=O) groups excluding carboxylic acids is 1. The summed E-state index contributed by atoms with van der Waals surface area (Å²) in [5.41, 5.74) is 8.97. The van der Waals surface area contributed by atoms with E-state index in [-0.39, 0.29) is 30.7 Å². The maximum Gasteiger partial charge on any atom is 0.239 e. The molecule has 0 aromatic heterocycles. The van der Waals surface area contributed by atoms with E-state index in [1.165, 1.54) is 12.1 Å². The number of anilines is 2. The third-order valence-electron chi connectivity index (χ3n) is 4.21. The lowest BCUT2D eigenvalue weighted by molar-refractivity contribution is -0.119. The number of nitrogens with one attached hydrogen (secondary N) is 1. The molecule has 3 rings (SSSR count). The average Bonchev–Trinajstić information content (AvgIpc) is 2.60. The highest BCUT2D eigenvalue weighted by atomic mass is 35.5. The first-order chi connectivity index (χ1) is 12.1. The van der Waals surface area contributed by atoms with Crippen LogP contribution in [0.2, 0.25) is 0 Å². The van der Waals surface area contributed by atoms with Gasteiger partial charge in [-0.2, -0.15) is 0 Å². The van der Waals surface area contributed by atoms with Gasteiger partial charge in [-0.25, -0.2) is 4.39 Å². The topological polar surface area (TPSA) is 67.6 Å². The summed E-state index contributed by atoms with van der Waals surface area (Å²) >= 11 is 0. The summed E-state index contributed by atoms with van der Waals surface area (Å²) in [6.07, 6.45) is 1.93. The van der Waals surface area contributed by atoms with Gasteiger partial charge in [0, 0.05) is 24.0 Å². The van der Waals surface area contributed by atoms with Crippen LogP contribution in [0.15, 0.2) is 42.5 Å². The van der Waals surface area contributed by atoms with Crippen LogP contribution in [-0.2, 0) is 11.2 Å². The molecule has 0 atom stereocenters. The van der Waals surface area contributed by atoms with Crippen molar-refractivity contribution in [2.24, 2.45) is 0 Å². The van der Waals surface area contributed by atoms with Crippen LogP contribution in [0.3, 0.4) is 0 Å². The number of nitrogens with two attached hydrogens (primary N) is 1. The second-order valence-electron chi connectivity index (χ2n) is 6.03. The summed E-state index contributed by atoms with van der Waals surface area (Å²) < 4.78 is 18.5. The van der Waals surface area contributed by atoms with Crippen LogP contribution in [0.4, 0.5) is 15.8 Å². The Hall–Kier alpha value is -2.47. The third-order valence-corrected chi connectivity index (χ3v) is 4.21. The maximum absolute atomic E-state index is 13.1. The number of nitrogens with zero attached hydrogens (tertiary/aromatic N) is 1. The zero-order chi connectivity index (χ0) is 17.6. The van der Waals surface area contributed by atoms with E-state index in [1.54, 1.807) is 12.1 Å². The predicted molar refractivity (Wildman–Crippen MR) is 104 cm³/mol. The Morgan fingerprint density at radius 1 is 1.27 bits per heavy atom. The summed E-state index contributed by atoms with van der Waals surface area (Å²) in [6.45, 7) is 1.78. The van der Waals surface area contributed by atoms with Gasteiger partial charge >= 0.3 is 0 Å². The van der Waals surface area contributed by atoms with Gasteiger partial charge < -0.3 is 20.7 Å². The number of fused-ring (bicyclic) bond motifs is 1. The van der Waals surface area contributed by atoms with Gasteiger partial charge in [0.1, 0.15) is 18.2 Å². The maximum atomic E-state index is 13.1. The quantitative estimate of drug-likeness (QED) is 0.598. The van der Waals surface area contributed by atoms with Crippen molar-refractivity contribution < 1.29 is 13.9 Å². The summed E-state index contributed by atoms with van der Waals surface area (Å²) in [7, 11) is 0. The molecule has 0 fully saturated rings. The number of hydrogen-bond acceptors (Lipinski definition) is 4. The molecule has 1 aliphatic rings. The number of amides is 1. The number of benzene rings is 2. The first kappa shape index (κ1) is 19.8. The van der Waals surface area contributed by atoms with Gasteiger partial charge in [0.2, 0.25) is 5.91 Å². The second-order valence-corrected chi connectivity index (χ2v) is 6.03. The van der Waals surface area contributed by atoms with Gasteiger partial charge in [-0.15, -0.1) is 12.4 Å². The zero-order valence-electron chi connectivity index (χ0n) is 14.4. The Labute approximate surface area is 158 Å². The number of nitrogen functional groups attached to an aromatic ring is 1. The zero-order valence-corrected chi connectivity index (χ0v) is 15.2. The van der Waals surface area contributed by atoms with Crippen LogP contribution in [0, 0.1) is 5.82 Å². The molecule has 1 aliphatic heterocycles. The molecule has 0 unspecified atom stereocenters. The molecule has 0 spiro atoms. The van der Waals surface area contributed by atoms with Crippen molar-refractivity contribution in [2.45, 2.75) is 12.8 Å². The van der Waals surface area contributed by atoms with E-state index in [2.05, 4.69) is 10.2 Å². The summed E-state index contributed by atoms with van der Waals surface area (Å²) in [6, 6.07) is 11.8. The Bertz CT molecular complexity index is 757. The first-order valence-corrected chi connectivity index (χ1v) is 8.41. The Kier molecular flexibility index (Phi) is 7.09. The van der Waals surface area contributed by atoms with Crippen LogP contribution in [0.25, 0.3) is 0 Å². The van der Waals surface area contributed by atoms with Crippen molar-refractivity contribution in [3.8, 4) is 5.75 Å². The fourth-order valence-electron chi connectivity index (χ4n) is 3.04. The lowest BCUT2D eigenvalue weighted by Gasteiger charge is -2.31. The van der Waals surface area contributed by atoms with Crippen LogP contribution < -0.4 is 20.7 Å². The lowest BCUT2D eigenvalue weighted by Crippen LogP contribution is -2.41. The molecule has 0 bridgehead atoms. The van der Waals surface area contributed by atoms with E-state index in [1.807, 2.05) is 18.2 Å². The van der Waals surface area contributed by atoms with E-state index in [4.69, 9.17) is 10.5 Å². The monoisotopic (exact) mass is 379 g/mol. The van der Waals surface area contributed by atoms with Gasteiger partial charge in [0.25, 0.3) is 0 Å². The highest BCUT2D eigenvalue weighted by molar-refractivity contribution is 5.85. The number of carbonyl (C=O) groups is 1. The molecule has 26 heavy (non-hydrogen) atoms. The Balaban J connectivity index is 0.00000243. The summed E-state index contributed by atoms with van der Waals surface area (Å²) in [4.78, 5) is 14.2. The van der Waals surface area contributed by atoms with Crippen LogP contribution in [-0.4, -0.2) is 32.1 Å². The molecule has 3 N–H and O–H groups in total. The van der Waals surface area contributed by atoms with Gasteiger partial charge in [-0.1, -0.05) is 12.1 Å². The van der Waals surface area contributed by atoms with Crippen molar-refractivity contribution in [2.75, 3.05) is 36.9 Å². The van der Waals surface area contributed by atoms with Crippen molar-refractivity contribution in [1.82, 2.24) is 5.32 Å². The van der Waals surface area contributed by atoms with Crippen molar-refractivity contribution in [3.63, 3.8) is 0 Å². The fraction of sp³-hybridized carbons (Fsp3) is 0.316. The minimum absolute atomic E-state index is 0. The minimum atomic E-state index is -0.343. The normalized spacial score (nSPS) is 12.7. The fourth-order valence-corrected chi connectivity index (χ4v) is 3.04. The molecule has 2 aromatic rings. The van der Waals surface area contributed by atoms with Gasteiger partial charge in [-0.3, -0.25) is 4.79 Å². The molecule has 0 radical (unpaired) electrons. The van der Waals surface area contributed by atoms with Crippen LogP contribution >= 0.6 is 12.4 Å². The van der Waals surface area contributed by atoms with Crippen molar-refractivity contribution >= 4 is 29.7 Å². The number of hydrogen-bond donors (Lipinski definition) is 2. The molecule has 0 saturated carbocycles. The third kappa shape index (κ3) is 5.02. The molecule has 5 nitrogen and oxygen atoms in total. The molecule has 1 heterocycles. The number of halogens is 2. The first-order valence-electron chi connectivity index (χ1n) is 8.41. The molecule has 140 valence electrons. The molecular weight excluding hydrogens is 357 g/mol. The van der Waals surface area contributed by atoms with Crippen LogP contribution in [0.1, 0.15) is 12.0 Å². The standard InChI is InChI=1S/C19H22FN3O2.ClH/c20-14-4-1-5-15(12-14)25-11-9-22-19(24)13-23-10-3-6-16-17(21)7-2-8-18(16)23;/h1-2,4-5,7-8,12H,3,6,9-11,13,21H2,(H,22,24);1H. The highest BCUT2D eigenvalue weighted by Gasteiger charge is 2.20. The minimum Gasteiger partial charge on any atom is -0.492 e.